The minimum Gasteiger partial charge on any atom is -0.496 e. The largest absolute Gasteiger partial charge is 0.496 e. The lowest BCUT2D eigenvalue weighted by atomic mass is 9.94. The smallest absolute Gasteiger partial charge is 0.244 e. The maximum absolute atomic E-state index is 13.3. The summed E-state index contributed by atoms with van der Waals surface area (Å²) < 4.78 is 73.4. The maximum atomic E-state index is 13.3. The van der Waals surface area contributed by atoms with Gasteiger partial charge in [-0.2, -0.15) is 4.98 Å². The molecule has 0 bridgehead atoms. The minimum absolute atomic E-state index is 0.0264. The van der Waals surface area contributed by atoms with Crippen LogP contribution in [-0.2, 0) is 39.3 Å². The number of hydrogen-bond donors (Lipinski definition) is 2. The lowest BCUT2D eigenvalue weighted by Crippen LogP contribution is -2.30. The first-order chi connectivity index (χ1) is 36.3. The summed E-state index contributed by atoms with van der Waals surface area (Å²) in [6.07, 6.45) is 14.4. The Morgan fingerprint density at radius 1 is 0.882 bits per heavy atom. The zero-order chi connectivity index (χ0) is 55.2. The fourth-order valence-electron chi connectivity index (χ4n) is 8.69. The van der Waals surface area contributed by atoms with E-state index in [0.29, 0.717) is 90.9 Å². The van der Waals surface area contributed by atoms with Gasteiger partial charge in [0.25, 0.3) is 0 Å². The highest BCUT2D eigenvalue weighted by Gasteiger charge is 2.25. The first kappa shape index (κ1) is 59.2. The summed E-state index contributed by atoms with van der Waals surface area (Å²) in [7, 11) is 0.162. The quantitative estimate of drug-likeness (QED) is 0.0374. The lowest BCUT2D eigenvalue weighted by molar-refractivity contribution is 0.309. The molecule has 16 nitrogen and oxygen atoms in total. The zero-order valence-electron chi connectivity index (χ0n) is 44.8. The SMILES string of the molecule is C=C/C=C\C(=C(/C)Nc1nc(Nc2cc(OCC)c(N3CCCCC3)cc2CCCOc2ccc(OC)c(C(C)CCc3ncc(Cl)c(C(=C)CCc4ccccc4S(=O)(=O)N(C)C)n3)c2)ncc1Cl)S(=O)(=O)N(C)C. The van der Waals surface area contributed by atoms with Crippen LogP contribution in [-0.4, -0.2) is 107 Å². The van der Waals surface area contributed by atoms with Gasteiger partial charge >= 0.3 is 0 Å². The van der Waals surface area contributed by atoms with Crippen molar-refractivity contribution in [3.63, 3.8) is 0 Å². The van der Waals surface area contributed by atoms with Crippen LogP contribution < -0.4 is 29.7 Å². The monoisotopic (exact) mass is 1120 g/mol. The summed E-state index contributed by atoms with van der Waals surface area (Å²) in [6, 6.07) is 17.0. The molecule has 0 radical (unpaired) electrons. The molecular formula is C56H71Cl2N9O7S2. The lowest BCUT2D eigenvalue weighted by Gasteiger charge is -2.31. The van der Waals surface area contributed by atoms with Crippen LogP contribution in [0.15, 0.2) is 114 Å². The number of methoxy groups -OCH3 is 1. The molecule has 1 aliphatic heterocycles. The van der Waals surface area contributed by atoms with Crippen molar-refractivity contribution in [2.45, 2.75) is 89.4 Å². The molecule has 3 aromatic carbocycles. The van der Waals surface area contributed by atoms with Crippen molar-refractivity contribution < 1.29 is 31.0 Å². The van der Waals surface area contributed by atoms with E-state index < -0.39 is 20.0 Å². The molecule has 2 aromatic heterocycles. The second-order valence-electron chi connectivity index (χ2n) is 18.7. The van der Waals surface area contributed by atoms with Gasteiger partial charge in [-0.25, -0.2) is 40.4 Å². The molecule has 1 aliphatic rings. The second kappa shape index (κ2) is 27.3. The van der Waals surface area contributed by atoms with Gasteiger partial charge in [0, 0.05) is 76.9 Å². The van der Waals surface area contributed by atoms with Gasteiger partial charge in [0.05, 0.1) is 47.8 Å². The molecule has 3 heterocycles. The Bertz CT molecular complexity index is 3150. The van der Waals surface area contributed by atoms with Crippen LogP contribution in [0.25, 0.3) is 5.57 Å². The molecule has 0 amide bonds. The molecular weight excluding hydrogens is 1050 g/mol. The normalized spacial score (nSPS) is 13.9. The maximum Gasteiger partial charge on any atom is 0.244 e. The Morgan fingerprint density at radius 2 is 1.62 bits per heavy atom. The molecule has 0 aliphatic carbocycles. The van der Waals surface area contributed by atoms with Crippen LogP contribution in [0.3, 0.4) is 0 Å². The summed E-state index contributed by atoms with van der Waals surface area (Å²) in [5.41, 5.74) is 6.00. The third kappa shape index (κ3) is 15.1. The first-order valence-electron chi connectivity index (χ1n) is 25.3. The van der Waals surface area contributed by atoms with E-state index in [1.54, 1.807) is 38.4 Å². The van der Waals surface area contributed by atoms with E-state index in [1.165, 1.54) is 57.3 Å². The van der Waals surface area contributed by atoms with Crippen LogP contribution in [0, 0.1) is 0 Å². The zero-order valence-corrected chi connectivity index (χ0v) is 48.0. The predicted molar refractivity (Wildman–Crippen MR) is 308 cm³/mol. The highest BCUT2D eigenvalue weighted by Crippen LogP contribution is 2.39. The molecule has 1 unspecified atom stereocenters. The number of benzene rings is 3. The Balaban J connectivity index is 1.16. The Labute approximate surface area is 460 Å². The second-order valence-corrected chi connectivity index (χ2v) is 23.8. The molecule has 20 heteroatoms. The van der Waals surface area contributed by atoms with Crippen LogP contribution in [0.1, 0.15) is 93.4 Å². The highest BCUT2D eigenvalue weighted by molar-refractivity contribution is 7.93. The number of rotatable bonds is 27. The minimum atomic E-state index is -3.84. The number of nitrogens with one attached hydrogen (secondary N) is 2. The Kier molecular flexibility index (Phi) is 21.3. The molecule has 6 rings (SSSR count). The summed E-state index contributed by atoms with van der Waals surface area (Å²) in [5.74, 6) is 3.32. The standard InChI is InChI=1S/C56H71Cl2N9O7S2/c1-11-13-22-51(75(68,69)65(6)7)40(5)61-55-46(58)37-60-56(64-55)62-47-35-50(73-12-2)48(67-30-17-14-18-31-67)33-42(47)21-19-32-74-43-27-28-49(72-10)44(34-43)38(3)25-29-53-59-36-45(57)54(63-53)39(4)24-26-41-20-15-16-23-52(41)76(70,71)66(8)9/h11,13,15-16,20,22-23,27-28,33-38H,1,4,12,14,17-19,21,24-26,29-32H2,2-3,5-10H3,(H2,60,61,62,64)/b22-13-,51-40-. The molecule has 408 valence electrons. The van der Waals surface area contributed by atoms with Crippen LogP contribution in [0.2, 0.25) is 10.0 Å². The third-order valence-electron chi connectivity index (χ3n) is 12.9. The summed E-state index contributed by atoms with van der Waals surface area (Å²) in [5, 5.41) is 7.10. The number of aromatic nitrogens is 4. The fourth-order valence-corrected chi connectivity index (χ4v) is 11.3. The van der Waals surface area contributed by atoms with Gasteiger partial charge in [0.15, 0.2) is 5.82 Å². The molecule has 1 fully saturated rings. The fraction of sp³-hybridized carbons (Fsp3) is 0.393. The number of hydrogen-bond acceptors (Lipinski definition) is 14. The average molecular weight is 1120 g/mol. The molecule has 0 saturated carbocycles. The number of nitrogens with zero attached hydrogens (tertiary/aromatic N) is 7. The van der Waals surface area contributed by atoms with E-state index in [4.69, 9.17) is 47.4 Å². The third-order valence-corrected chi connectivity index (χ3v) is 17.4. The molecule has 76 heavy (non-hydrogen) atoms. The van der Waals surface area contributed by atoms with Gasteiger partial charge in [0.1, 0.15) is 33.0 Å². The molecule has 2 N–H and O–H groups in total. The van der Waals surface area contributed by atoms with Crippen LogP contribution >= 0.6 is 23.2 Å². The topological polar surface area (TPSA) is 181 Å². The van der Waals surface area contributed by atoms with E-state index in [0.717, 1.165) is 64.2 Å². The number of allylic oxidation sites excluding steroid dienone is 5. The van der Waals surface area contributed by atoms with Crippen LogP contribution in [0.4, 0.5) is 23.1 Å². The highest BCUT2D eigenvalue weighted by atomic mass is 35.5. The van der Waals surface area contributed by atoms with Crippen molar-refractivity contribution in [2.24, 2.45) is 0 Å². The van der Waals surface area contributed by atoms with E-state index in [-0.39, 0.29) is 32.5 Å². The van der Waals surface area contributed by atoms with E-state index in [2.05, 4.69) is 51.6 Å². The molecule has 5 aromatic rings. The van der Waals surface area contributed by atoms with Crippen LogP contribution in [0.5, 0.6) is 17.2 Å². The number of aryl methyl sites for hydroxylation is 3. The predicted octanol–water partition coefficient (Wildman–Crippen LogP) is 11.6. The van der Waals surface area contributed by atoms with Crippen molar-refractivity contribution in [2.75, 3.05) is 77.1 Å². The van der Waals surface area contributed by atoms with Gasteiger partial charge in [-0.3, -0.25) is 0 Å². The molecule has 1 saturated heterocycles. The summed E-state index contributed by atoms with van der Waals surface area (Å²) >= 11 is 13.2. The Hall–Kier alpha value is -6.02. The molecule has 1 atom stereocenters. The Morgan fingerprint density at radius 3 is 2.32 bits per heavy atom. The average Bonchev–Trinajstić information content (AvgIpc) is 3.40. The van der Waals surface area contributed by atoms with Crippen molar-refractivity contribution in [3.8, 4) is 17.2 Å². The van der Waals surface area contributed by atoms with Crippen molar-refractivity contribution in [1.29, 1.82) is 0 Å². The van der Waals surface area contributed by atoms with Gasteiger partial charge in [-0.1, -0.05) is 73.6 Å². The summed E-state index contributed by atoms with van der Waals surface area (Å²) in [6.45, 7) is 16.4. The van der Waals surface area contributed by atoms with E-state index in [9.17, 15) is 16.8 Å². The van der Waals surface area contributed by atoms with Gasteiger partial charge < -0.3 is 29.7 Å². The van der Waals surface area contributed by atoms with E-state index in [1.807, 2.05) is 43.3 Å². The number of halogens is 2. The number of sulfonamides is 2. The van der Waals surface area contributed by atoms with Gasteiger partial charge in [-0.15, -0.1) is 0 Å². The number of anilines is 4. The van der Waals surface area contributed by atoms with Crippen molar-refractivity contribution >= 4 is 72.0 Å². The number of ether oxygens (including phenoxy) is 3. The van der Waals surface area contributed by atoms with Gasteiger partial charge in [0.2, 0.25) is 26.0 Å². The van der Waals surface area contributed by atoms with Crippen molar-refractivity contribution in [3.05, 3.63) is 147 Å². The van der Waals surface area contributed by atoms with E-state index >= 15 is 0 Å². The first-order valence-corrected chi connectivity index (χ1v) is 29.0. The summed E-state index contributed by atoms with van der Waals surface area (Å²) in [4.78, 5) is 21.3. The molecule has 0 spiro atoms. The van der Waals surface area contributed by atoms with Gasteiger partial charge in [-0.05, 0) is 124 Å². The van der Waals surface area contributed by atoms with Crippen molar-refractivity contribution in [1.82, 2.24) is 28.5 Å². The number of piperidine rings is 1.